The number of carbonyl (C=O) groups is 1. The smallest absolute Gasteiger partial charge is 0.294 e. The van der Waals surface area contributed by atoms with Crippen molar-refractivity contribution in [1.82, 2.24) is 5.32 Å². The van der Waals surface area contributed by atoms with Gasteiger partial charge in [-0.15, -0.1) is 0 Å². The summed E-state index contributed by atoms with van der Waals surface area (Å²) in [6.07, 6.45) is 1.35. The van der Waals surface area contributed by atoms with Crippen LogP contribution in [0.5, 0.6) is 0 Å². The van der Waals surface area contributed by atoms with Crippen molar-refractivity contribution in [3.8, 4) is 0 Å². The lowest BCUT2D eigenvalue weighted by molar-refractivity contribution is -0.117. The van der Waals surface area contributed by atoms with Crippen LogP contribution in [0.3, 0.4) is 0 Å². The van der Waals surface area contributed by atoms with Crippen LogP contribution >= 0.6 is 0 Å². The fourth-order valence-electron chi connectivity index (χ4n) is 1.66. The Morgan fingerprint density at radius 1 is 1.33 bits per heavy atom. The van der Waals surface area contributed by atoms with E-state index in [0.29, 0.717) is 19.8 Å². The Bertz CT molecular complexity index is 457. The van der Waals surface area contributed by atoms with E-state index in [-0.39, 0.29) is 11.7 Å². The molecular formula is C13H16N2O3. The van der Waals surface area contributed by atoms with Crippen molar-refractivity contribution in [3.05, 3.63) is 41.9 Å². The lowest BCUT2D eigenvalue weighted by Crippen LogP contribution is -2.22. The zero-order valence-electron chi connectivity index (χ0n) is 10.2. The number of ether oxygens (including phenoxy) is 2. The van der Waals surface area contributed by atoms with Crippen molar-refractivity contribution in [2.45, 2.75) is 6.54 Å². The second kappa shape index (κ2) is 6.07. The molecule has 18 heavy (non-hydrogen) atoms. The molecule has 0 saturated heterocycles. The Morgan fingerprint density at radius 3 is 2.89 bits per heavy atom. The number of amides is 1. The van der Waals surface area contributed by atoms with Gasteiger partial charge in [-0.1, -0.05) is 18.2 Å². The first-order valence-electron chi connectivity index (χ1n) is 5.79. The monoisotopic (exact) mass is 248 g/mol. The fraction of sp³-hybridized carbons (Fsp3) is 0.308. The van der Waals surface area contributed by atoms with Crippen molar-refractivity contribution in [2.75, 3.05) is 25.6 Å². The third kappa shape index (κ3) is 3.01. The average Bonchev–Trinajstić information content (AvgIpc) is 2.42. The Labute approximate surface area is 106 Å². The summed E-state index contributed by atoms with van der Waals surface area (Å²) in [5, 5.41) is 5.87. The molecule has 2 N–H and O–H groups in total. The summed E-state index contributed by atoms with van der Waals surface area (Å²) in [6.45, 7) is 1.57. The second-order valence-electron chi connectivity index (χ2n) is 3.84. The minimum atomic E-state index is -0.293. The van der Waals surface area contributed by atoms with E-state index < -0.39 is 0 Å². The van der Waals surface area contributed by atoms with Crippen LogP contribution in [0.25, 0.3) is 0 Å². The van der Waals surface area contributed by atoms with Crippen molar-refractivity contribution in [3.63, 3.8) is 0 Å². The minimum Gasteiger partial charge on any atom is -0.494 e. The number of hydrogen-bond acceptors (Lipinski definition) is 4. The summed E-state index contributed by atoms with van der Waals surface area (Å²) in [5.74, 6) is -0.0845. The number of anilines is 1. The molecule has 0 spiro atoms. The Kier molecular flexibility index (Phi) is 4.20. The van der Waals surface area contributed by atoms with Crippen LogP contribution in [-0.4, -0.2) is 26.2 Å². The normalized spacial score (nSPS) is 14.2. The molecule has 0 bridgehead atoms. The standard InChI is InChI=1S/C13H16N2O3/c1-14-8-10-4-2-3-5-11(10)15-13(16)12-9-17-6-7-18-12/h2-5,9,14H,6-8H2,1H3,(H,15,16). The Balaban J connectivity index is 2.08. The quantitative estimate of drug-likeness (QED) is 0.841. The van der Waals surface area contributed by atoms with E-state index in [4.69, 9.17) is 9.47 Å². The third-order valence-electron chi connectivity index (χ3n) is 2.51. The molecule has 1 heterocycles. The predicted octanol–water partition coefficient (Wildman–Crippen LogP) is 1.23. The van der Waals surface area contributed by atoms with Crippen LogP contribution in [-0.2, 0) is 20.8 Å². The van der Waals surface area contributed by atoms with Crippen LogP contribution in [0.15, 0.2) is 36.3 Å². The predicted molar refractivity (Wildman–Crippen MR) is 67.8 cm³/mol. The maximum absolute atomic E-state index is 11.9. The lowest BCUT2D eigenvalue weighted by atomic mass is 10.1. The van der Waals surface area contributed by atoms with E-state index in [9.17, 15) is 4.79 Å². The van der Waals surface area contributed by atoms with E-state index in [0.717, 1.165) is 11.3 Å². The summed E-state index contributed by atoms with van der Waals surface area (Å²) in [5.41, 5.74) is 1.79. The molecule has 2 rings (SSSR count). The van der Waals surface area contributed by atoms with Gasteiger partial charge in [0.1, 0.15) is 19.5 Å². The summed E-state index contributed by atoms with van der Waals surface area (Å²) in [7, 11) is 1.86. The van der Waals surface area contributed by atoms with Gasteiger partial charge in [0, 0.05) is 12.2 Å². The molecule has 1 aliphatic rings. The molecule has 1 amide bonds. The van der Waals surface area contributed by atoms with Gasteiger partial charge in [0.2, 0.25) is 5.76 Å². The highest BCUT2D eigenvalue weighted by Crippen LogP contribution is 2.16. The Morgan fingerprint density at radius 2 is 2.17 bits per heavy atom. The highest BCUT2D eigenvalue weighted by Gasteiger charge is 2.16. The summed E-state index contributed by atoms with van der Waals surface area (Å²) >= 11 is 0. The molecule has 0 radical (unpaired) electrons. The summed E-state index contributed by atoms with van der Waals surface area (Å²) < 4.78 is 10.3. The zero-order chi connectivity index (χ0) is 12.8. The first-order valence-corrected chi connectivity index (χ1v) is 5.79. The first-order chi connectivity index (χ1) is 8.81. The molecule has 0 aromatic heterocycles. The van der Waals surface area contributed by atoms with Crippen molar-refractivity contribution in [1.29, 1.82) is 0 Å². The molecule has 5 nitrogen and oxygen atoms in total. The molecule has 0 saturated carbocycles. The Hall–Kier alpha value is -2.01. The van der Waals surface area contributed by atoms with Crippen molar-refractivity contribution in [2.24, 2.45) is 0 Å². The number of para-hydroxylation sites is 1. The van der Waals surface area contributed by atoms with Crippen molar-refractivity contribution < 1.29 is 14.3 Å². The maximum Gasteiger partial charge on any atom is 0.294 e. The molecule has 0 unspecified atom stereocenters. The lowest BCUT2D eigenvalue weighted by Gasteiger charge is -2.16. The summed E-state index contributed by atoms with van der Waals surface area (Å²) in [6, 6.07) is 7.62. The molecular weight excluding hydrogens is 232 g/mol. The van der Waals surface area contributed by atoms with Gasteiger partial charge >= 0.3 is 0 Å². The molecule has 1 aromatic carbocycles. The van der Waals surface area contributed by atoms with Gasteiger partial charge in [0.25, 0.3) is 5.91 Å². The number of hydrogen-bond donors (Lipinski definition) is 2. The number of carbonyl (C=O) groups excluding carboxylic acids is 1. The largest absolute Gasteiger partial charge is 0.494 e. The SMILES string of the molecule is CNCc1ccccc1NC(=O)C1=COCCO1. The van der Waals surface area contributed by atoms with Crippen molar-refractivity contribution >= 4 is 11.6 Å². The van der Waals surface area contributed by atoms with Gasteiger partial charge < -0.3 is 20.1 Å². The molecule has 96 valence electrons. The molecule has 0 atom stereocenters. The average molecular weight is 248 g/mol. The van der Waals surface area contributed by atoms with E-state index in [2.05, 4.69) is 10.6 Å². The molecule has 1 aliphatic heterocycles. The van der Waals surface area contributed by atoms with Gasteiger partial charge in [-0.3, -0.25) is 4.79 Å². The topological polar surface area (TPSA) is 59.6 Å². The minimum absolute atomic E-state index is 0.209. The number of nitrogens with one attached hydrogen (secondary N) is 2. The fourth-order valence-corrected chi connectivity index (χ4v) is 1.66. The van der Waals surface area contributed by atoms with E-state index in [1.54, 1.807) is 0 Å². The number of benzene rings is 1. The van der Waals surface area contributed by atoms with Crippen LogP contribution in [0.4, 0.5) is 5.69 Å². The first kappa shape index (κ1) is 12.4. The van der Waals surface area contributed by atoms with Crippen LogP contribution < -0.4 is 10.6 Å². The van der Waals surface area contributed by atoms with Gasteiger partial charge in [-0.25, -0.2) is 0 Å². The molecule has 1 aromatic rings. The van der Waals surface area contributed by atoms with Gasteiger partial charge in [0.05, 0.1) is 0 Å². The zero-order valence-corrected chi connectivity index (χ0v) is 10.2. The van der Waals surface area contributed by atoms with Crippen LogP contribution in [0, 0.1) is 0 Å². The van der Waals surface area contributed by atoms with E-state index >= 15 is 0 Å². The van der Waals surface area contributed by atoms with Crippen LogP contribution in [0.1, 0.15) is 5.56 Å². The highest BCUT2D eigenvalue weighted by atomic mass is 16.6. The van der Waals surface area contributed by atoms with E-state index in [1.165, 1.54) is 6.26 Å². The maximum atomic E-state index is 11.9. The molecule has 0 fully saturated rings. The third-order valence-corrected chi connectivity index (χ3v) is 2.51. The molecule has 5 heteroatoms. The number of rotatable bonds is 4. The van der Waals surface area contributed by atoms with Gasteiger partial charge in [-0.05, 0) is 18.7 Å². The van der Waals surface area contributed by atoms with Gasteiger partial charge in [0.15, 0.2) is 0 Å². The summed E-state index contributed by atoms with van der Waals surface area (Å²) in [4.78, 5) is 11.9. The highest BCUT2D eigenvalue weighted by molar-refractivity contribution is 6.02. The van der Waals surface area contributed by atoms with Crippen LogP contribution in [0.2, 0.25) is 0 Å². The van der Waals surface area contributed by atoms with E-state index in [1.807, 2.05) is 31.3 Å². The second-order valence-corrected chi connectivity index (χ2v) is 3.84. The van der Waals surface area contributed by atoms with Gasteiger partial charge in [-0.2, -0.15) is 0 Å². The molecule has 0 aliphatic carbocycles.